The Morgan fingerprint density at radius 2 is 2.16 bits per heavy atom. The first-order valence-corrected chi connectivity index (χ1v) is 12.6. The molecule has 0 amide bonds. The number of piperazine rings is 1. The van der Waals surface area contributed by atoms with Gasteiger partial charge < -0.3 is 24.8 Å². The predicted octanol–water partition coefficient (Wildman–Crippen LogP) is 1.36. The minimum atomic E-state index is -1.16. The fraction of sp³-hybridized carbons (Fsp3) is 0.500. The lowest BCUT2D eigenvalue weighted by Gasteiger charge is -2.27. The molecule has 1 saturated heterocycles. The number of methoxy groups -OCH3 is 1. The highest BCUT2D eigenvalue weighted by atomic mass is 32.2. The predicted molar refractivity (Wildman–Crippen MR) is 122 cm³/mol. The third kappa shape index (κ3) is 5.47. The molecular formula is C18H23BN4O5S3. The van der Waals surface area contributed by atoms with Gasteiger partial charge in [-0.1, -0.05) is 40.9 Å². The standard InChI is InChI=1S/C18H23BN4O5S3/c1-27-12-3-2-11-10-13(19(26)28-15(11)14(12)16(24)25)30-18-22-21-17(31-18)29-9-8-23-6-4-20-5-7-23/h2-3,13,20,26H,4-10H2,1H3,(H,24,25)/t13-/m0/s1. The number of fused-ring (bicyclic) bond motifs is 1. The lowest BCUT2D eigenvalue weighted by molar-refractivity contribution is 0.0690. The summed E-state index contributed by atoms with van der Waals surface area (Å²) in [6.45, 7) is 5.26. The maximum Gasteiger partial charge on any atom is 0.537 e. The van der Waals surface area contributed by atoms with Crippen molar-refractivity contribution >= 4 is 47.9 Å². The van der Waals surface area contributed by atoms with E-state index in [4.69, 9.17) is 9.39 Å². The van der Waals surface area contributed by atoms with Crippen LogP contribution >= 0.6 is 34.9 Å². The normalized spacial score (nSPS) is 19.0. The molecule has 9 nitrogen and oxygen atoms in total. The molecule has 3 N–H and O–H groups in total. The molecule has 0 bridgehead atoms. The Labute approximate surface area is 193 Å². The Bertz CT molecular complexity index is 928. The molecule has 1 aromatic carbocycles. The smallest absolute Gasteiger partial charge is 0.534 e. The number of ether oxygens (including phenoxy) is 1. The average Bonchev–Trinajstić information content (AvgIpc) is 3.21. The van der Waals surface area contributed by atoms with Crippen molar-refractivity contribution in [3.8, 4) is 11.5 Å². The molecule has 2 aliphatic heterocycles. The monoisotopic (exact) mass is 482 g/mol. The van der Waals surface area contributed by atoms with Crippen molar-refractivity contribution in [2.75, 3.05) is 45.6 Å². The van der Waals surface area contributed by atoms with Crippen LogP contribution in [-0.2, 0) is 6.42 Å². The van der Waals surface area contributed by atoms with Gasteiger partial charge in [0.15, 0.2) is 8.68 Å². The third-order valence-corrected chi connectivity index (χ3v) is 8.45. The third-order valence-electron chi connectivity index (χ3n) is 5.10. The van der Waals surface area contributed by atoms with Gasteiger partial charge in [-0.2, -0.15) is 0 Å². The first-order chi connectivity index (χ1) is 15.0. The summed E-state index contributed by atoms with van der Waals surface area (Å²) in [4.78, 5) is 14.1. The summed E-state index contributed by atoms with van der Waals surface area (Å²) in [5.74, 6) is 0.175. The minimum Gasteiger partial charge on any atom is -0.534 e. The van der Waals surface area contributed by atoms with Crippen LogP contribution < -0.4 is 14.7 Å². The highest BCUT2D eigenvalue weighted by molar-refractivity contribution is 8.04. The van der Waals surface area contributed by atoms with Gasteiger partial charge in [-0.05, 0) is 18.1 Å². The lowest BCUT2D eigenvalue weighted by atomic mass is 9.77. The molecule has 3 heterocycles. The van der Waals surface area contributed by atoms with Gasteiger partial charge in [-0.3, -0.25) is 4.90 Å². The maximum absolute atomic E-state index is 11.7. The summed E-state index contributed by atoms with van der Waals surface area (Å²) in [6.07, 6.45) is 0.455. The van der Waals surface area contributed by atoms with Crippen LogP contribution in [-0.4, -0.2) is 89.1 Å². The van der Waals surface area contributed by atoms with Crippen molar-refractivity contribution in [3.05, 3.63) is 23.3 Å². The zero-order valence-corrected chi connectivity index (χ0v) is 19.4. The fourth-order valence-corrected chi connectivity index (χ4v) is 6.92. The molecule has 166 valence electrons. The number of aromatic nitrogens is 2. The lowest BCUT2D eigenvalue weighted by Crippen LogP contribution is -2.44. The Morgan fingerprint density at radius 1 is 1.39 bits per heavy atom. The molecule has 4 rings (SSSR count). The first-order valence-electron chi connectivity index (χ1n) is 9.89. The Kier molecular flexibility index (Phi) is 7.61. The summed E-state index contributed by atoms with van der Waals surface area (Å²) in [6, 6.07) is 3.39. The van der Waals surface area contributed by atoms with Gasteiger partial charge in [0.05, 0.1) is 12.3 Å². The molecule has 13 heteroatoms. The van der Waals surface area contributed by atoms with Crippen molar-refractivity contribution in [2.45, 2.75) is 20.2 Å². The van der Waals surface area contributed by atoms with E-state index in [-0.39, 0.29) is 22.2 Å². The van der Waals surface area contributed by atoms with Gasteiger partial charge in [0.2, 0.25) is 0 Å². The number of carboxylic acid groups (broad SMARTS) is 1. The summed E-state index contributed by atoms with van der Waals surface area (Å²) < 4.78 is 12.4. The minimum absolute atomic E-state index is 0.0680. The maximum atomic E-state index is 11.7. The van der Waals surface area contributed by atoms with Crippen molar-refractivity contribution in [3.63, 3.8) is 0 Å². The first kappa shape index (κ1) is 22.7. The van der Waals surface area contributed by atoms with Gasteiger partial charge in [-0.25, -0.2) is 4.79 Å². The highest BCUT2D eigenvalue weighted by Crippen LogP contribution is 2.41. The molecule has 0 aliphatic carbocycles. The molecule has 0 saturated carbocycles. The van der Waals surface area contributed by atoms with Crippen LogP contribution in [0.4, 0.5) is 0 Å². The van der Waals surface area contributed by atoms with Crippen LogP contribution in [0.1, 0.15) is 15.9 Å². The number of carbonyl (C=O) groups is 1. The topological polar surface area (TPSA) is 117 Å². The molecule has 31 heavy (non-hydrogen) atoms. The van der Waals surface area contributed by atoms with E-state index in [1.165, 1.54) is 30.2 Å². The molecule has 1 fully saturated rings. The van der Waals surface area contributed by atoms with Crippen molar-refractivity contribution < 1.29 is 24.3 Å². The van der Waals surface area contributed by atoms with Crippen LogP contribution in [0.2, 0.25) is 0 Å². The van der Waals surface area contributed by atoms with Crippen molar-refractivity contribution in [2.24, 2.45) is 0 Å². The van der Waals surface area contributed by atoms with E-state index in [1.54, 1.807) is 23.9 Å². The number of thioether (sulfide) groups is 2. The number of aromatic carboxylic acids is 1. The largest absolute Gasteiger partial charge is 0.537 e. The zero-order valence-electron chi connectivity index (χ0n) is 16.9. The van der Waals surface area contributed by atoms with Gasteiger partial charge in [0, 0.05) is 38.5 Å². The molecule has 0 radical (unpaired) electrons. The number of hydrogen-bond acceptors (Lipinski definition) is 11. The van der Waals surface area contributed by atoms with Crippen molar-refractivity contribution in [1.29, 1.82) is 0 Å². The second-order valence-electron chi connectivity index (χ2n) is 7.08. The molecule has 1 aromatic heterocycles. The number of nitrogens with one attached hydrogen (secondary N) is 1. The molecule has 2 aliphatic rings. The van der Waals surface area contributed by atoms with Gasteiger partial charge >= 0.3 is 13.1 Å². The second kappa shape index (κ2) is 10.4. The van der Waals surface area contributed by atoms with Gasteiger partial charge in [-0.15, -0.1) is 10.2 Å². The van der Waals surface area contributed by atoms with E-state index < -0.39 is 13.1 Å². The van der Waals surface area contributed by atoms with Gasteiger partial charge in [0.1, 0.15) is 17.1 Å². The SMILES string of the molecule is COc1ccc2c(c1C(=O)O)OB(O)[C@@H](Sc1nnc(SCCN3CCNCC3)s1)C2. The fourth-order valence-electron chi connectivity index (χ4n) is 3.52. The van der Waals surface area contributed by atoms with E-state index in [0.717, 1.165) is 52.7 Å². The zero-order chi connectivity index (χ0) is 21.8. The molecule has 0 unspecified atom stereocenters. The van der Waals surface area contributed by atoms with E-state index >= 15 is 0 Å². The number of benzene rings is 1. The number of hydrogen-bond donors (Lipinski definition) is 3. The summed E-state index contributed by atoms with van der Waals surface area (Å²) in [5.41, 5.74) is 0.651. The molecular weight excluding hydrogens is 459 g/mol. The van der Waals surface area contributed by atoms with Crippen LogP contribution in [0.15, 0.2) is 20.8 Å². The highest BCUT2D eigenvalue weighted by Gasteiger charge is 2.39. The second-order valence-corrected chi connectivity index (χ2v) is 10.9. The van der Waals surface area contributed by atoms with Crippen LogP contribution in [0.25, 0.3) is 0 Å². The number of rotatable bonds is 8. The Hall–Kier alpha value is -1.51. The van der Waals surface area contributed by atoms with E-state index in [0.29, 0.717) is 6.42 Å². The summed E-state index contributed by atoms with van der Waals surface area (Å²) >= 11 is 4.60. The Balaban J connectivity index is 1.36. The van der Waals surface area contributed by atoms with E-state index in [1.807, 2.05) is 0 Å². The van der Waals surface area contributed by atoms with Crippen LogP contribution in [0.5, 0.6) is 11.5 Å². The molecule has 2 aromatic rings. The van der Waals surface area contributed by atoms with Crippen LogP contribution in [0, 0.1) is 0 Å². The summed E-state index contributed by atoms with van der Waals surface area (Å²) in [7, 11) is 0.247. The summed E-state index contributed by atoms with van der Waals surface area (Å²) in [5, 5.41) is 31.6. The number of nitrogens with zero attached hydrogens (tertiary/aromatic N) is 3. The number of carboxylic acids is 1. The van der Waals surface area contributed by atoms with E-state index in [2.05, 4.69) is 20.4 Å². The van der Waals surface area contributed by atoms with Crippen molar-refractivity contribution in [1.82, 2.24) is 20.4 Å². The molecule has 0 spiro atoms. The Morgan fingerprint density at radius 3 is 2.90 bits per heavy atom. The molecule has 1 atom stereocenters. The quantitative estimate of drug-likeness (QED) is 0.374. The van der Waals surface area contributed by atoms with Crippen LogP contribution in [0.3, 0.4) is 0 Å². The van der Waals surface area contributed by atoms with Gasteiger partial charge in [0.25, 0.3) is 0 Å². The van der Waals surface area contributed by atoms with E-state index in [9.17, 15) is 14.9 Å². The average molecular weight is 482 g/mol.